The molecule has 0 aliphatic carbocycles. The normalized spacial score (nSPS) is 11.4. The fourth-order valence-corrected chi connectivity index (χ4v) is 4.16. The summed E-state index contributed by atoms with van der Waals surface area (Å²) in [6, 6.07) is 19.4. The molecule has 3 rings (SSSR count). The SMILES string of the molecule is CCCOc1ccc(-c2ccc(-c3ccccc3Cl)n2CC(=O)NC(N)=NCCCSC)cc1. The third-order valence-electron chi connectivity index (χ3n) is 5.11. The fourth-order valence-electron chi connectivity index (χ4n) is 3.51. The Bertz CT molecular complexity index is 1110. The number of carbonyl (C=O) groups is 1. The van der Waals surface area contributed by atoms with Crippen molar-refractivity contribution in [2.75, 3.05) is 25.2 Å². The minimum atomic E-state index is -0.250. The van der Waals surface area contributed by atoms with Crippen molar-refractivity contribution in [1.82, 2.24) is 9.88 Å². The van der Waals surface area contributed by atoms with Crippen LogP contribution >= 0.6 is 23.4 Å². The van der Waals surface area contributed by atoms with Crippen LogP contribution in [-0.4, -0.2) is 41.6 Å². The largest absolute Gasteiger partial charge is 0.494 e. The van der Waals surface area contributed by atoms with Crippen LogP contribution in [0.4, 0.5) is 0 Å². The molecular weight excluding hydrogens is 468 g/mol. The molecule has 1 aromatic heterocycles. The number of nitrogens with zero attached hydrogens (tertiary/aromatic N) is 2. The molecule has 0 aliphatic rings. The van der Waals surface area contributed by atoms with E-state index in [4.69, 9.17) is 22.1 Å². The number of amides is 1. The number of aliphatic imine (C=N–C) groups is 1. The van der Waals surface area contributed by atoms with Crippen LogP contribution in [0.2, 0.25) is 5.02 Å². The van der Waals surface area contributed by atoms with Crippen molar-refractivity contribution in [2.24, 2.45) is 10.7 Å². The van der Waals surface area contributed by atoms with E-state index in [0.29, 0.717) is 18.2 Å². The predicted molar refractivity (Wildman–Crippen MR) is 144 cm³/mol. The van der Waals surface area contributed by atoms with Gasteiger partial charge in [0.25, 0.3) is 0 Å². The number of rotatable bonds is 11. The molecule has 180 valence electrons. The van der Waals surface area contributed by atoms with E-state index in [-0.39, 0.29) is 18.4 Å². The molecule has 0 saturated heterocycles. The molecule has 0 spiro atoms. The van der Waals surface area contributed by atoms with Gasteiger partial charge in [-0.3, -0.25) is 15.1 Å². The lowest BCUT2D eigenvalue weighted by Gasteiger charge is -2.15. The number of nitrogens with two attached hydrogens (primary N) is 1. The average Bonchev–Trinajstić information content (AvgIpc) is 3.24. The molecule has 0 unspecified atom stereocenters. The van der Waals surface area contributed by atoms with Crippen molar-refractivity contribution in [3.05, 3.63) is 65.7 Å². The number of hydrogen-bond donors (Lipinski definition) is 2. The van der Waals surface area contributed by atoms with E-state index in [1.54, 1.807) is 11.8 Å². The molecule has 3 aromatic rings. The van der Waals surface area contributed by atoms with Crippen molar-refractivity contribution in [1.29, 1.82) is 0 Å². The number of aromatic nitrogens is 1. The number of thioether (sulfide) groups is 1. The predicted octanol–water partition coefficient (Wildman–Crippen LogP) is 5.45. The van der Waals surface area contributed by atoms with Gasteiger partial charge >= 0.3 is 0 Å². The van der Waals surface area contributed by atoms with E-state index in [0.717, 1.165) is 46.9 Å². The number of hydrogen-bond acceptors (Lipinski definition) is 4. The lowest BCUT2D eigenvalue weighted by atomic mass is 10.1. The van der Waals surface area contributed by atoms with E-state index >= 15 is 0 Å². The molecule has 2 aromatic carbocycles. The Labute approximate surface area is 210 Å². The Hall–Kier alpha value is -2.90. The van der Waals surface area contributed by atoms with Gasteiger partial charge in [-0.05, 0) is 72.9 Å². The summed E-state index contributed by atoms with van der Waals surface area (Å²) in [5.41, 5.74) is 9.49. The molecule has 0 saturated carbocycles. The smallest absolute Gasteiger partial charge is 0.246 e. The quantitative estimate of drug-likeness (QED) is 0.209. The molecular formula is C26H31ClN4O2S. The summed E-state index contributed by atoms with van der Waals surface area (Å²) in [5, 5.41) is 3.33. The Morgan fingerprint density at radius 1 is 1.12 bits per heavy atom. The number of nitrogens with one attached hydrogen (secondary N) is 1. The molecule has 0 bridgehead atoms. The van der Waals surface area contributed by atoms with Gasteiger partial charge in [-0.15, -0.1) is 0 Å². The van der Waals surface area contributed by atoms with Crippen LogP contribution in [0.3, 0.4) is 0 Å². The van der Waals surface area contributed by atoms with E-state index in [2.05, 4.69) is 17.2 Å². The summed E-state index contributed by atoms with van der Waals surface area (Å²) in [5.74, 6) is 1.70. The fraction of sp³-hybridized carbons (Fsp3) is 0.308. The van der Waals surface area contributed by atoms with Gasteiger partial charge in [0, 0.05) is 22.8 Å². The van der Waals surface area contributed by atoms with Crippen LogP contribution in [0.1, 0.15) is 19.8 Å². The third-order valence-corrected chi connectivity index (χ3v) is 6.14. The minimum absolute atomic E-state index is 0.0675. The maximum atomic E-state index is 12.9. The van der Waals surface area contributed by atoms with Crippen LogP contribution in [-0.2, 0) is 11.3 Å². The lowest BCUT2D eigenvalue weighted by Crippen LogP contribution is -2.39. The average molecular weight is 499 g/mol. The van der Waals surface area contributed by atoms with Crippen molar-refractivity contribution in [2.45, 2.75) is 26.3 Å². The number of guanidine groups is 1. The first-order valence-corrected chi connectivity index (χ1v) is 13.1. The van der Waals surface area contributed by atoms with Crippen molar-refractivity contribution < 1.29 is 9.53 Å². The Morgan fingerprint density at radius 2 is 1.85 bits per heavy atom. The maximum Gasteiger partial charge on any atom is 0.246 e. The summed E-state index contributed by atoms with van der Waals surface area (Å²) in [6.07, 6.45) is 3.91. The third kappa shape index (κ3) is 7.05. The van der Waals surface area contributed by atoms with Crippen molar-refractivity contribution in [3.63, 3.8) is 0 Å². The van der Waals surface area contributed by atoms with Gasteiger partial charge in [-0.2, -0.15) is 11.8 Å². The highest BCUT2D eigenvalue weighted by Crippen LogP contribution is 2.33. The molecule has 0 aliphatic heterocycles. The number of ether oxygens (including phenoxy) is 1. The second kappa shape index (κ2) is 13.1. The topological polar surface area (TPSA) is 81.6 Å². The van der Waals surface area contributed by atoms with Gasteiger partial charge in [-0.1, -0.05) is 36.7 Å². The molecule has 8 heteroatoms. The van der Waals surface area contributed by atoms with Gasteiger partial charge in [0.1, 0.15) is 12.3 Å². The zero-order valence-electron chi connectivity index (χ0n) is 19.6. The van der Waals surface area contributed by atoms with E-state index in [1.165, 1.54) is 0 Å². The van der Waals surface area contributed by atoms with E-state index < -0.39 is 0 Å². The van der Waals surface area contributed by atoms with Crippen molar-refractivity contribution in [3.8, 4) is 28.3 Å². The molecule has 0 radical (unpaired) electrons. The summed E-state index contributed by atoms with van der Waals surface area (Å²) in [6.45, 7) is 3.40. The summed E-state index contributed by atoms with van der Waals surface area (Å²) in [4.78, 5) is 17.1. The highest BCUT2D eigenvalue weighted by molar-refractivity contribution is 7.98. The van der Waals surface area contributed by atoms with Crippen LogP contribution < -0.4 is 15.8 Å². The minimum Gasteiger partial charge on any atom is -0.494 e. The van der Waals surface area contributed by atoms with Crippen molar-refractivity contribution >= 4 is 35.2 Å². The van der Waals surface area contributed by atoms with Crippen LogP contribution in [0, 0.1) is 0 Å². The van der Waals surface area contributed by atoms with E-state index in [1.807, 2.05) is 71.5 Å². The highest BCUT2D eigenvalue weighted by atomic mass is 35.5. The first kappa shape index (κ1) is 25.7. The summed E-state index contributed by atoms with van der Waals surface area (Å²) in [7, 11) is 0. The molecule has 1 heterocycles. The Kier molecular flexibility index (Phi) is 9.91. The van der Waals surface area contributed by atoms with Gasteiger partial charge in [0.15, 0.2) is 5.96 Å². The van der Waals surface area contributed by atoms with Gasteiger partial charge in [-0.25, -0.2) is 0 Å². The first-order chi connectivity index (χ1) is 16.5. The standard InChI is InChI=1S/C26H31ClN4O2S/c1-3-16-33-20-11-9-19(10-12-20)23-13-14-24(21-7-4-5-8-22(21)27)31(23)18-25(32)30-26(28)29-15-6-17-34-2/h4-5,7-14H,3,6,15-18H2,1-2H3,(H3,28,29,30,32). The van der Waals surface area contributed by atoms with Gasteiger partial charge in [0.2, 0.25) is 5.91 Å². The molecule has 34 heavy (non-hydrogen) atoms. The molecule has 0 fully saturated rings. The Balaban J connectivity index is 1.88. The molecule has 3 N–H and O–H groups in total. The van der Waals surface area contributed by atoms with E-state index in [9.17, 15) is 4.79 Å². The zero-order valence-corrected chi connectivity index (χ0v) is 21.2. The lowest BCUT2D eigenvalue weighted by molar-refractivity contribution is -0.120. The molecule has 1 amide bonds. The Morgan fingerprint density at radius 3 is 2.56 bits per heavy atom. The summed E-state index contributed by atoms with van der Waals surface area (Å²) < 4.78 is 7.65. The van der Waals surface area contributed by atoms with Gasteiger partial charge in [0.05, 0.1) is 12.3 Å². The highest BCUT2D eigenvalue weighted by Gasteiger charge is 2.17. The van der Waals surface area contributed by atoms with Crippen LogP contribution in [0.25, 0.3) is 22.5 Å². The summed E-state index contributed by atoms with van der Waals surface area (Å²) >= 11 is 8.24. The van der Waals surface area contributed by atoms with Crippen LogP contribution in [0.5, 0.6) is 5.75 Å². The second-order valence-corrected chi connectivity index (χ2v) is 9.10. The van der Waals surface area contributed by atoms with Crippen LogP contribution in [0.15, 0.2) is 65.7 Å². The monoisotopic (exact) mass is 498 g/mol. The second-order valence-electron chi connectivity index (χ2n) is 7.70. The molecule has 6 nitrogen and oxygen atoms in total. The number of benzene rings is 2. The first-order valence-electron chi connectivity index (χ1n) is 11.3. The zero-order chi connectivity index (χ0) is 24.3. The number of halogens is 1. The maximum absolute atomic E-state index is 12.9. The molecule has 0 atom stereocenters. The van der Waals surface area contributed by atoms with Gasteiger partial charge < -0.3 is 15.0 Å². The number of carbonyl (C=O) groups excluding carboxylic acids is 1.